The van der Waals surface area contributed by atoms with Crippen molar-refractivity contribution in [2.24, 2.45) is 0 Å². The van der Waals surface area contributed by atoms with Crippen molar-refractivity contribution in [3.63, 3.8) is 0 Å². The number of nitrogens with zero attached hydrogens (tertiary/aromatic N) is 1. The molecule has 1 heterocycles. The molecule has 0 aliphatic heterocycles. The minimum atomic E-state index is -3.52. The minimum Gasteiger partial charge on any atom is -0.332 e. The summed E-state index contributed by atoms with van der Waals surface area (Å²) in [6.07, 6.45) is 5.05. The molecule has 96 valence electrons. The van der Waals surface area contributed by atoms with Crippen LogP contribution >= 0.6 is 11.6 Å². The van der Waals surface area contributed by atoms with Crippen LogP contribution in [0.4, 0.5) is 0 Å². The van der Waals surface area contributed by atoms with Crippen molar-refractivity contribution in [3.05, 3.63) is 12.0 Å². The second-order valence-electron chi connectivity index (χ2n) is 4.36. The molecule has 0 spiro atoms. The SMILES string of the molecule is Cc1ncc(S(=O)(=O)NC2CCCCC2Cl)[nH]1. The molecule has 2 atom stereocenters. The number of H-pyrrole nitrogens is 1. The smallest absolute Gasteiger partial charge is 0.257 e. The monoisotopic (exact) mass is 277 g/mol. The molecule has 7 heteroatoms. The first-order valence-corrected chi connectivity index (χ1v) is 7.59. The van der Waals surface area contributed by atoms with Crippen molar-refractivity contribution < 1.29 is 8.42 Å². The van der Waals surface area contributed by atoms with E-state index >= 15 is 0 Å². The summed E-state index contributed by atoms with van der Waals surface area (Å²) in [5.41, 5.74) is 0. The van der Waals surface area contributed by atoms with Crippen LogP contribution in [0.5, 0.6) is 0 Å². The van der Waals surface area contributed by atoms with Crippen LogP contribution in [0, 0.1) is 6.92 Å². The van der Waals surface area contributed by atoms with E-state index in [0.717, 1.165) is 25.7 Å². The maximum atomic E-state index is 12.0. The van der Waals surface area contributed by atoms with Gasteiger partial charge in [-0.2, -0.15) is 0 Å². The molecule has 17 heavy (non-hydrogen) atoms. The van der Waals surface area contributed by atoms with Crippen molar-refractivity contribution in [2.75, 3.05) is 0 Å². The van der Waals surface area contributed by atoms with Crippen molar-refractivity contribution >= 4 is 21.6 Å². The highest BCUT2D eigenvalue weighted by Crippen LogP contribution is 2.24. The fraction of sp³-hybridized carbons (Fsp3) is 0.700. The van der Waals surface area contributed by atoms with Crippen LogP contribution in [0.1, 0.15) is 31.5 Å². The van der Waals surface area contributed by atoms with E-state index in [-0.39, 0.29) is 16.4 Å². The Morgan fingerprint density at radius 2 is 2.18 bits per heavy atom. The average molecular weight is 278 g/mol. The van der Waals surface area contributed by atoms with E-state index in [1.807, 2.05) is 0 Å². The predicted molar refractivity (Wildman–Crippen MR) is 65.5 cm³/mol. The molecular formula is C10H16ClN3O2S. The molecule has 1 aliphatic carbocycles. The van der Waals surface area contributed by atoms with Gasteiger partial charge in [-0.15, -0.1) is 11.6 Å². The normalized spacial score (nSPS) is 26.0. The number of imidazole rings is 1. The number of aromatic amines is 1. The Labute approximate surface area is 106 Å². The molecule has 1 saturated carbocycles. The number of hydrogen-bond acceptors (Lipinski definition) is 3. The summed E-state index contributed by atoms with van der Waals surface area (Å²) in [7, 11) is -3.52. The van der Waals surface area contributed by atoms with Crippen LogP contribution in [0.3, 0.4) is 0 Å². The summed E-state index contributed by atoms with van der Waals surface area (Å²) >= 11 is 6.13. The fourth-order valence-electron chi connectivity index (χ4n) is 2.02. The van der Waals surface area contributed by atoms with Crippen molar-refractivity contribution in [3.8, 4) is 0 Å². The summed E-state index contributed by atoms with van der Waals surface area (Å²) < 4.78 is 26.7. The van der Waals surface area contributed by atoms with Gasteiger partial charge in [0.25, 0.3) is 10.0 Å². The molecule has 0 bridgehead atoms. The Morgan fingerprint density at radius 1 is 1.47 bits per heavy atom. The van der Waals surface area contributed by atoms with Crippen LogP contribution in [-0.4, -0.2) is 29.8 Å². The number of hydrogen-bond donors (Lipinski definition) is 2. The molecule has 0 radical (unpaired) electrons. The van der Waals surface area contributed by atoms with Crippen LogP contribution in [0.25, 0.3) is 0 Å². The summed E-state index contributed by atoms with van der Waals surface area (Å²) in [4.78, 5) is 6.60. The third-order valence-corrected chi connectivity index (χ3v) is 4.88. The molecule has 0 amide bonds. The highest BCUT2D eigenvalue weighted by molar-refractivity contribution is 7.89. The van der Waals surface area contributed by atoms with Crippen molar-refractivity contribution in [2.45, 2.75) is 49.1 Å². The summed E-state index contributed by atoms with van der Waals surface area (Å²) in [5, 5.41) is -0.0213. The Morgan fingerprint density at radius 3 is 2.76 bits per heavy atom. The topological polar surface area (TPSA) is 74.8 Å². The Balaban J connectivity index is 2.11. The Hall–Kier alpha value is -0.590. The van der Waals surface area contributed by atoms with Gasteiger partial charge in [0.2, 0.25) is 0 Å². The third-order valence-electron chi connectivity index (χ3n) is 2.96. The zero-order valence-electron chi connectivity index (χ0n) is 9.61. The van der Waals surface area contributed by atoms with Gasteiger partial charge in [0.15, 0.2) is 5.03 Å². The number of alkyl halides is 1. The van der Waals surface area contributed by atoms with Gasteiger partial charge in [-0.1, -0.05) is 12.8 Å². The second-order valence-corrected chi connectivity index (χ2v) is 6.60. The van der Waals surface area contributed by atoms with Crippen molar-refractivity contribution in [1.82, 2.24) is 14.7 Å². The van der Waals surface area contributed by atoms with Gasteiger partial charge in [-0.25, -0.2) is 18.1 Å². The van der Waals surface area contributed by atoms with Gasteiger partial charge >= 0.3 is 0 Å². The van der Waals surface area contributed by atoms with E-state index in [1.54, 1.807) is 6.92 Å². The van der Waals surface area contributed by atoms with Crippen LogP contribution in [-0.2, 0) is 10.0 Å². The lowest BCUT2D eigenvalue weighted by Gasteiger charge is -2.27. The van der Waals surface area contributed by atoms with Crippen molar-refractivity contribution in [1.29, 1.82) is 0 Å². The number of halogens is 1. The Kier molecular flexibility index (Phi) is 3.75. The second kappa shape index (κ2) is 4.96. The fourth-order valence-corrected chi connectivity index (χ4v) is 3.72. The van der Waals surface area contributed by atoms with Crippen LogP contribution in [0.2, 0.25) is 0 Å². The molecule has 5 nitrogen and oxygen atoms in total. The van der Waals surface area contributed by atoms with Gasteiger partial charge in [0, 0.05) is 11.4 Å². The summed E-state index contributed by atoms with van der Waals surface area (Å²) in [5.74, 6) is 0.580. The first-order chi connectivity index (χ1) is 7.99. The first kappa shape index (κ1) is 12.9. The summed E-state index contributed by atoms with van der Waals surface area (Å²) in [6.45, 7) is 1.71. The van der Waals surface area contributed by atoms with E-state index < -0.39 is 10.0 Å². The quantitative estimate of drug-likeness (QED) is 0.823. The first-order valence-electron chi connectivity index (χ1n) is 5.67. The lowest BCUT2D eigenvalue weighted by Crippen LogP contribution is -2.42. The summed E-state index contributed by atoms with van der Waals surface area (Å²) in [6, 6.07) is -0.181. The lowest BCUT2D eigenvalue weighted by molar-refractivity contribution is 0.418. The molecule has 2 unspecified atom stereocenters. The zero-order valence-corrected chi connectivity index (χ0v) is 11.2. The third kappa shape index (κ3) is 3.00. The zero-order chi connectivity index (χ0) is 12.5. The number of aryl methyl sites for hydroxylation is 1. The predicted octanol–water partition coefficient (Wildman–Crippen LogP) is 1.55. The maximum absolute atomic E-state index is 12.0. The molecule has 1 aliphatic rings. The highest BCUT2D eigenvalue weighted by atomic mass is 35.5. The van der Waals surface area contributed by atoms with Gasteiger partial charge in [0.05, 0.1) is 6.20 Å². The average Bonchev–Trinajstić information content (AvgIpc) is 2.69. The number of rotatable bonds is 3. The van der Waals surface area contributed by atoms with E-state index in [4.69, 9.17) is 11.6 Å². The maximum Gasteiger partial charge on any atom is 0.257 e. The molecule has 0 saturated heterocycles. The number of nitrogens with one attached hydrogen (secondary N) is 2. The number of aromatic nitrogens is 2. The molecule has 1 aromatic rings. The van der Waals surface area contributed by atoms with Crippen LogP contribution < -0.4 is 4.72 Å². The van der Waals surface area contributed by atoms with E-state index in [0.29, 0.717) is 5.82 Å². The van der Waals surface area contributed by atoms with Gasteiger partial charge in [-0.3, -0.25) is 0 Å². The standard InChI is InChI=1S/C10H16ClN3O2S/c1-7-12-6-10(13-7)17(15,16)14-9-5-3-2-4-8(9)11/h6,8-9,14H,2-5H2,1H3,(H,12,13). The van der Waals surface area contributed by atoms with E-state index in [9.17, 15) is 8.42 Å². The molecule has 0 aromatic carbocycles. The molecule has 1 fully saturated rings. The minimum absolute atomic E-state index is 0.101. The highest BCUT2D eigenvalue weighted by Gasteiger charge is 2.28. The molecule has 2 rings (SSSR count). The molecule has 2 N–H and O–H groups in total. The van der Waals surface area contributed by atoms with Crippen LogP contribution in [0.15, 0.2) is 11.2 Å². The Bertz CT molecular complexity index is 485. The molecule has 1 aromatic heterocycles. The number of sulfonamides is 1. The van der Waals surface area contributed by atoms with Gasteiger partial charge in [0.1, 0.15) is 5.82 Å². The van der Waals surface area contributed by atoms with E-state index in [1.165, 1.54) is 6.20 Å². The molecular weight excluding hydrogens is 262 g/mol. The lowest BCUT2D eigenvalue weighted by atomic mass is 9.96. The largest absolute Gasteiger partial charge is 0.332 e. The van der Waals surface area contributed by atoms with E-state index in [2.05, 4.69) is 14.7 Å². The van der Waals surface area contributed by atoms with Gasteiger partial charge in [-0.05, 0) is 19.8 Å². The van der Waals surface area contributed by atoms with Gasteiger partial charge < -0.3 is 4.98 Å².